The molecule has 0 atom stereocenters. The summed E-state index contributed by atoms with van der Waals surface area (Å²) in [5.74, 6) is 0. The Hall–Kier alpha value is -2.03. The molecule has 0 spiro atoms. The van der Waals surface area contributed by atoms with Gasteiger partial charge in [-0.1, -0.05) is 23.7 Å². The summed E-state index contributed by atoms with van der Waals surface area (Å²) in [4.78, 5) is 27.1. The lowest BCUT2D eigenvalue weighted by Gasteiger charge is -2.03. The lowest BCUT2D eigenvalue weighted by atomic mass is 10.1. The molecule has 0 aliphatic heterocycles. The minimum atomic E-state index is -3.83. The van der Waals surface area contributed by atoms with E-state index >= 15 is 0 Å². The summed E-state index contributed by atoms with van der Waals surface area (Å²) in [6.45, 7) is 0. The molecule has 0 amide bonds. The van der Waals surface area contributed by atoms with Crippen LogP contribution in [0.2, 0.25) is 5.02 Å². The van der Waals surface area contributed by atoms with E-state index in [1.54, 1.807) is 0 Å². The van der Waals surface area contributed by atoms with Crippen LogP contribution in [0.25, 0.3) is 22.3 Å². The molecule has 7 nitrogen and oxygen atoms in total. The number of aromatic nitrogens is 3. The number of H-pyrrole nitrogens is 1. The molecule has 0 fully saturated rings. The van der Waals surface area contributed by atoms with Crippen molar-refractivity contribution in [2.45, 2.75) is 4.90 Å². The second kappa shape index (κ2) is 5.51. The van der Waals surface area contributed by atoms with E-state index in [4.69, 9.17) is 22.3 Å². The summed E-state index contributed by atoms with van der Waals surface area (Å²) in [6, 6.07) is 5.68. The third-order valence-corrected chi connectivity index (χ3v) is 5.50. The molecule has 2 aromatic heterocycles. The highest BCUT2D eigenvalue weighted by molar-refractivity contribution is 8.13. The van der Waals surface area contributed by atoms with Gasteiger partial charge in [-0.2, -0.15) is 0 Å². The molecule has 0 radical (unpaired) electrons. The normalized spacial score (nSPS) is 12.0. The SMILES string of the molecule is Cn1c(=O)c2[nH]c(-c3ccc(S(=O)(=O)Cl)cc3)c(Cl)c2n(C)c1=O. The van der Waals surface area contributed by atoms with Crippen molar-refractivity contribution in [3.05, 3.63) is 50.1 Å². The van der Waals surface area contributed by atoms with Gasteiger partial charge < -0.3 is 4.98 Å². The quantitative estimate of drug-likeness (QED) is 0.678. The van der Waals surface area contributed by atoms with E-state index in [-0.39, 0.29) is 21.0 Å². The van der Waals surface area contributed by atoms with Gasteiger partial charge in [0.15, 0.2) is 0 Å². The Morgan fingerprint density at radius 1 is 1.04 bits per heavy atom. The van der Waals surface area contributed by atoms with E-state index < -0.39 is 20.3 Å². The van der Waals surface area contributed by atoms with Gasteiger partial charge in [0.1, 0.15) is 5.52 Å². The number of aromatic amines is 1. The molecular formula is C14H11Cl2N3O4S. The molecule has 1 N–H and O–H groups in total. The van der Waals surface area contributed by atoms with Gasteiger partial charge in [-0.05, 0) is 17.7 Å². The highest BCUT2D eigenvalue weighted by Crippen LogP contribution is 2.33. The van der Waals surface area contributed by atoms with E-state index in [0.717, 1.165) is 4.57 Å². The molecule has 24 heavy (non-hydrogen) atoms. The molecule has 1 aromatic carbocycles. The van der Waals surface area contributed by atoms with Crippen molar-refractivity contribution >= 4 is 42.4 Å². The summed E-state index contributed by atoms with van der Waals surface area (Å²) >= 11 is 6.34. The zero-order valence-electron chi connectivity index (χ0n) is 12.5. The van der Waals surface area contributed by atoms with E-state index in [0.29, 0.717) is 11.3 Å². The van der Waals surface area contributed by atoms with Crippen molar-refractivity contribution in [3.63, 3.8) is 0 Å². The van der Waals surface area contributed by atoms with Crippen LogP contribution in [-0.2, 0) is 23.1 Å². The highest BCUT2D eigenvalue weighted by Gasteiger charge is 2.19. The number of benzene rings is 1. The number of hydrogen-bond acceptors (Lipinski definition) is 4. The Kier molecular flexibility index (Phi) is 3.86. The van der Waals surface area contributed by atoms with Gasteiger partial charge in [0, 0.05) is 24.8 Å². The number of aryl methyl sites for hydroxylation is 1. The Bertz CT molecular complexity index is 1190. The molecule has 2 heterocycles. The third-order valence-electron chi connectivity index (χ3n) is 3.77. The van der Waals surface area contributed by atoms with Gasteiger partial charge in [-0.3, -0.25) is 13.9 Å². The lowest BCUT2D eigenvalue weighted by molar-refractivity contribution is 0.609. The first-order valence-corrected chi connectivity index (χ1v) is 9.34. The largest absolute Gasteiger partial charge is 0.347 e. The zero-order valence-corrected chi connectivity index (χ0v) is 14.8. The van der Waals surface area contributed by atoms with Crippen molar-refractivity contribution in [3.8, 4) is 11.3 Å². The predicted molar refractivity (Wildman–Crippen MR) is 92.3 cm³/mol. The fourth-order valence-electron chi connectivity index (χ4n) is 2.50. The van der Waals surface area contributed by atoms with Crippen LogP contribution in [0.15, 0.2) is 38.8 Å². The molecular weight excluding hydrogens is 377 g/mol. The molecule has 0 bridgehead atoms. The van der Waals surface area contributed by atoms with Crippen molar-refractivity contribution in [2.24, 2.45) is 14.1 Å². The second-order valence-electron chi connectivity index (χ2n) is 5.21. The molecule has 10 heteroatoms. The zero-order chi connectivity index (χ0) is 17.8. The first-order valence-electron chi connectivity index (χ1n) is 6.65. The van der Waals surface area contributed by atoms with Crippen LogP contribution >= 0.6 is 22.3 Å². The minimum Gasteiger partial charge on any atom is -0.347 e. The number of halogens is 2. The molecule has 0 saturated heterocycles. The smallest absolute Gasteiger partial charge is 0.331 e. The monoisotopic (exact) mass is 387 g/mol. The van der Waals surface area contributed by atoms with E-state index in [1.807, 2.05) is 0 Å². The van der Waals surface area contributed by atoms with Gasteiger partial charge >= 0.3 is 5.69 Å². The van der Waals surface area contributed by atoms with Crippen molar-refractivity contribution in [1.29, 1.82) is 0 Å². The number of nitrogens with one attached hydrogen (secondary N) is 1. The van der Waals surface area contributed by atoms with Gasteiger partial charge in [-0.15, -0.1) is 0 Å². The number of hydrogen-bond donors (Lipinski definition) is 1. The van der Waals surface area contributed by atoms with E-state index in [9.17, 15) is 18.0 Å². The lowest BCUT2D eigenvalue weighted by Crippen LogP contribution is -2.36. The predicted octanol–water partition coefficient (Wildman–Crippen LogP) is 1.81. The topological polar surface area (TPSA) is 93.9 Å². The number of rotatable bonds is 2. The summed E-state index contributed by atoms with van der Waals surface area (Å²) in [6.07, 6.45) is 0. The average molecular weight is 388 g/mol. The number of fused-ring (bicyclic) bond motifs is 1. The fourth-order valence-corrected chi connectivity index (χ4v) is 3.64. The van der Waals surface area contributed by atoms with Crippen LogP contribution in [0.1, 0.15) is 0 Å². The third kappa shape index (κ3) is 2.47. The first kappa shape index (κ1) is 16.8. The molecule has 126 valence electrons. The van der Waals surface area contributed by atoms with Crippen LogP contribution < -0.4 is 11.2 Å². The molecule has 0 aliphatic rings. The maximum Gasteiger partial charge on any atom is 0.331 e. The van der Waals surface area contributed by atoms with Crippen LogP contribution in [0.3, 0.4) is 0 Å². The molecule has 0 aliphatic carbocycles. The van der Waals surface area contributed by atoms with Crippen molar-refractivity contribution in [1.82, 2.24) is 14.1 Å². The molecule has 3 rings (SSSR count). The highest BCUT2D eigenvalue weighted by atomic mass is 35.7. The van der Waals surface area contributed by atoms with Crippen LogP contribution in [0.4, 0.5) is 0 Å². The van der Waals surface area contributed by atoms with Gasteiger partial charge in [0.05, 0.1) is 21.1 Å². The standard InChI is InChI=1S/C14H11Cl2N3O4S/c1-18-12-9(15)10(17-11(12)13(20)19(2)14(18)21)7-3-5-8(6-4-7)24(16,22)23/h3-6,17H,1-2H3. The maximum atomic E-state index is 12.2. The molecule has 0 saturated carbocycles. The second-order valence-corrected chi connectivity index (χ2v) is 8.15. The summed E-state index contributed by atoms with van der Waals surface area (Å²) in [7, 11) is 4.34. The number of nitrogens with zero attached hydrogens (tertiary/aromatic N) is 2. The van der Waals surface area contributed by atoms with Gasteiger partial charge in [0.25, 0.3) is 14.6 Å². The molecule has 0 unspecified atom stereocenters. The Morgan fingerprint density at radius 2 is 1.62 bits per heavy atom. The maximum absolute atomic E-state index is 12.2. The van der Waals surface area contributed by atoms with Crippen LogP contribution in [-0.4, -0.2) is 22.5 Å². The minimum absolute atomic E-state index is 0.0523. The van der Waals surface area contributed by atoms with E-state index in [2.05, 4.69) is 4.98 Å². The van der Waals surface area contributed by atoms with Crippen molar-refractivity contribution in [2.75, 3.05) is 0 Å². The van der Waals surface area contributed by atoms with Gasteiger partial charge in [0.2, 0.25) is 0 Å². The average Bonchev–Trinajstić information content (AvgIpc) is 2.88. The molecule has 3 aromatic rings. The Balaban J connectivity index is 2.31. The Morgan fingerprint density at radius 3 is 2.17 bits per heavy atom. The van der Waals surface area contributed by atoms with Crippen LogP contribution in [0, 0.1) is 0 Å². The first-order chi connectivity index (χ1) is 11.1. The van der Waals surface area contributed by atoms with E-state index in [1.165, 1.54) is 42.9 Å². The summed E-state index contributed by atoms with van der Waals surface area (Å²) in [5.41, 5.74) is 0.436. The summed E-state index contributed by atoms with van der Waals surface area (Å²) in [5, 5.41) is 0.198. The summed E-state index contributed by atoms with van der Waals surface area (Å²) < 4.78 is 24.9. The van der Waals surface area contributed by atoms with Gasteiger partial charge in [-0.25, -0.2) is 13.2 Å². The fraction of sp³-hybridized carbons (Fsp3) is 0.143. The van der Waals surface area contributed by atoms with Crippen molar-refractivity contribution < 1.29 is 8.42 Å². The Labute approximate surface area is 145 Å². The van der Waals surface area contributed by atoms with Crippen LogP contribution in [0.5, 0.6) is 0 Å².